The predicted octanol–water partition coefficient (Wildman–Crippen LogP) is 2.95. The Labute approximate surface area is 109 Å². The number of nitrogens with two attached hydrogens (primary N) is 1. The number of hydrogen-bond acceptors (Lipinski definition) is 2. The van der Waals surface area contributed by atoms with Gasteiger partial charge in [0.25, 0.3) is 0 Å². The van der Waals surface area contributed by atoms with Crippen molar-refractivity contribution >= 4 is 0 Å². The number of likely N-dealkylation sites (tertiary alicyclic amines) is 1. The smallest absolute Gasteiger partial charge is 0.123 e. The van der Waals surface area contributed by atoms with Gasteiger partial charge in [0.1, 0.15) is 5.82 Å². The van der Waals surface area contributed by atoms with E-state index in [1.165, 1.54) is 25.0 Å². The quantitative estimate of drug-likeness (QED) is 0.893. The molecular weight excluding hydrogens is 227 g/mol. The molecule has 1 aromatic rings. The van der Waals surface area contributed by atoms with Gasteiger partial charge in [-0.05, 0) is 49.0 Å². The van der Waals surface area contributed by atoms with E-state index in [1.807, 2.05) is 0 Å². The maximum absolute atomic E-state index is 12.8. The highest BCUT2D eigenvalue weighted by Gasteiger charge is 2.26. The summed E-state index contributed by atoms with van der Waals surface area (Å²) in [5, 5.41) is 0. The zero-order valence-corrected chi connectivity index (χ0v) is 11.3. The van der Waals surface area contributed by atoms with Crippen molar-refractivity contribution in [3.05, 3.63) is 35.6 Å². The number of hydrogen-bond donors (Lipinski definition) is 1. The Hall–Kier alpha value is -0.930. The maximum Gasteiger partial charge on any atom is 0.123 e. The van der Waals surface area contributed by atoms with E-state index in [2.05, 4.69) is 18.7 Å². The lowest BCUT2D eigenvalue weighted by molar-refractivity contribution is 0.127. The number of nitrogens with zero attached hydrogens (tertiary/aromatic N) is 1. The van der Waals surface area contributed by atoms with Crippen LogP contribution >= 0.6 is 0 Å². The molecule has 1 atom stereocenters. The van der Waals surface area contributed by atoms with E-state index in [9.17, 15) is 4.39 Å². The molecule has 0 amide bonds. The molecule has 3 heteroatoms. The number of halogens is 1. The predicted molar refractivity (Wildman–Crippen MR) is 72.8 cm³/mol. The molecule has 2 nitrogen and oxygen atoms in total. The minimum atomic E-state index is -0.203. The van der Waals surface area contributed by atoms with Crippen molar-refractivity contribution in [1.82, 2.24) is 4.90 Å². The van der Waals surface area contributed by atoms with E-state index in [4.69, 9.17) is 5.73 Å². The second-order valence-electron chi connectivity index (χ2n) is 6.12. The van der Waals surface area contributed by atoms with Gasteiger partial charge in [-0.3, -0.25) is 0 Å². The fraction of sp³-hybridized carbons (Fsp3) is 0.600. The van der Waals surface area contributed by atoms with Crippen LogP contribution < -0.4 is 5.73 Å². The van der Waals surface area contributed by atoms with Gasteiger partial charge in [-0.25, -0.2) is 4.39 Å². The Morgan fingerprint density at radius 1 is 1.22 bits per heavy atom. The van der Waals surface area contributed by atoms with Gasteiger partial charge in [-0.15, -0.1) is 0 Å². The molecule has 1 saturated heterocycles. The highest BCUT2D eigenvalue weighted by Crippen LogP contribution is 2.30. The average molecular weight is 250 g/mol. The van der Waals surface area contributed by atoms with Crippen LogP contribution in [0.1, 0.15) is 38.3 Å². The van der Waals surface area contributed by atoms with Gasteiger partial charge in [-0.2, -0.15) is 0 Å². The first-order valence-electron chi connectivity index (χ1n) is 6.70. The summed E-state index contributed by atoms with van der Waals surface area (Å²) in [5.74, 6) is -0.203. The summed E-state index contributed by atoms with van der Waals surface area (Å²) in [7, 11) is 0. The van der Waals surface area contributed by atoms with E-state index in [-0.39, 0.29) is 11.9 Å². The Kier molecular flexibility index (Phi) is 4.03. The molecule has 2 N–H and O–H groups in total. The summed E-state index contributed by atoms with van der Waals surface area (Å²) < 4.78 is 12.8. The molecule has 1 aliphatic rings. The van der Waals surface area contributed by atoms with Crippen molar-refractivity contribution in [2.75, 3.05) is 19.6 Å². The van der Waals surface area contributed by atoms with Crippen molar-refractivity contribution in [2.45, 2.75) is 32.7 Å². The van der Waals surface area contributed by atoms with Crippen LogP contribution in [0, 0.1) is 11.2 Å². The second kappa shape index (κ2) is 5.37. The lowest BCUT2D eigenvalue weighted by Gasteiger charge is -2.38. The molecular formula is C15H23FN2. The van der Waals surface area contributed by atoms with Gasteiger partial charge in [0.2, 0.25) is 0 Å². The lowest BCUT2D eigenvalue weighted by Crippen LogP contribution is -2.40. The standard InChI is InChI=1S/C15H23FN2/c1-15(2)7-9-18(10-8-15)11-14(17)12-3-5-13(16)6-4-12/h3-6,14H,7-11,17H2,1-2H3. The molecule has 0 spiro atoms. The molecule has 1 unspecified atom stereocenters. The second-order valence-corrected chi connectivity index (χ2v) is 6.12. The normalized spacial score (nSPS) is 21.8. The van der Waals surface area contributed by atoms with Crippen LogP contribution in [-0.2, 0) is 0 Å². The molecule has 1 fully saturated rings. The van der Waals surface area contributed by atoms with Crippen LogP contribution in [0.2, 0.25) is 0 Å². The molecule has 1 aromatic carbocycles. The van der Waals surface area contributed by atoms with Crippen LogP contribution in [0.25, 0.3) is 0 Å². The molecule has 1 heterocycles. The van der Waals surface area contributed by atoms with Crippen LogP contribution in [0.5, 0.6) is 0 Å². The fourth-order valence-corrected chi connectivity index (χ4v) is 2.43. The average Bonchev–Trinajstić information content (AvgIpc) is 2.33. The first-order valence-corrected chi connectivity index (χ1v) is 6.70. The van der Waals surface area contributed by atoms with Crippen LogP contribution in [-0.4, -0.2) is 24.5 Å². The van der Waals surface area contributed by atoms with E-state index in [0.29, 0.717) is 5.41 Å². The van der Waals surface area contributed by atoms with Crippen molar-refractivity contribution in [3.8, 4) is 0 Å². The van der Waals surface area contributed by atoms with Gasteiger partial charge in [-0.1, -0.05) is 26.0 Å². The molecule has 18 heavy (non-hydrogen) atoms. The summed E-state index contributed by atoms with van der Waals surface area (Å²) in [6, 6.07) is 6.51. The molecule has 0 aromatic heterocycles. The van der Waals surface area contributed by atoms with Crippen molar-refractivity contribution < 1.29 is 4.39 Å². The van der Waals surface area contributed by atoms with Crippen LogP contribution in [0.4, 0.5) is 4.39 Å². The third-order valence-electron chi connectivity index (χ3n) is 3.96. The number of piperidine rings is 1. The highest BCUT2D eigenvalue weighted by molar-refractivity contribution is 5.19. The third kappa shape index (κ3) is 3.53. The van der Waals surface area contributed by atoms with E-state index in [1.54, 1.807) is 12.1 Å². The lowest BCUT2D eigenvalue weighted by atomic mass is 9.82. The molecule has 2 rings (SSSR count). The summed E-state index contributed by atoms with van der Waals surface area (Å²) in [6.45, 7) is 7.74. The maximum atomic E-state index is 12.8. The Bertz CT molecular complexity index is 376. The van der Waals surface area contributed by atoms with Gasteiger partial charge in [0.15, 0.2) is 0 Å². The monoisotopic (exact) mass is 250 g/mol. The largest absolute Gasteiger partial charge is 0.323 e. The van der Waals surface area contributed by atoms with E-state index < -0.39 is 0 Å². The van der Waals surface area contributed by atoms with Crippen LogP contribution in [0.3, 0.4) is 0 Å². The fourth-order valence-electron chi connectivity index (χ4n) is 2.43. The molecule has 0 radical (unpaired) electrons. The van der Waals surface area contributed by atoms with Gasteiger partial charge in [0, 0.05) is 12.6 Å². The first-order chi connectivity index (χ1) is 8.46. The Balaban J connectivity index is 1.88. The SMILES string of the molecule is CC1(C)CCN(CC(N)c2ccc(F)cc2)CC1. The number of rotatable bonds is 3. The highest BCUT2D eigenvalue weighted by atomic mass is 19.1. The minimum absolute atomic E-state index is 0.0215. The van der Waals surface area contributed by atoms with Gasteiger partial charge < -0.3 is 10.6 Å². The Morgan fingerprint density at radius 3 is 2.33 bits per heavy atom. The zero-order valence-electron chi connectivity index (χ0n) is 11.3. The minimum Gasteiger partial charge on any atom is -0.323 e. The van der Waals surface area contributed by atoms with Crippen molar-refractivity contribution in [3.63, 3.8) is 0 Å². The summed E-state index contributed by atoms with van der Waals surface area (Å²) in [4.78, 5) is 2.42. The van der Waals surface area contributed by atoms with E-state index in [0.717, 1.165) is 25.2 Å². The van der Waals surface area contributed by atoms with Gasteiger partial charge >= 0.3 is 0 Å². The molecule has 100 valence electrons. The summed E-state index contributed by atoms with van der Waals surface area (Å²) in [6.07, 6.45) is 2.45. The first kappa shape index (κ1) is 13.5. The third-order valence-corrected chi connectivity index (χ3v) is 3.96. The molecule has 0 bridgehead atoms. The molecule has 0 saturated carbocycles. The van der Waals surface area contributed by atoms with Gasteiger partial charge in [0.05, 0.1) is 0 Å². The zero-order chi connectivity index (χ0) is 13.2. The van der Waals surface area contributed by atoms with Crippen LogP contribution in [0.15, 0.2) is 24.3 Å². The van der Waals surface area contributed by atoms with E-state index >= 15 is 0 Å². The summed E-state index contributed by atoms with van der Waals surface area (Å²) in [5.41, 5.74) is 7.66. The summed E-state index contributed by atoms with van der Waals surface area (Å²) >= 11 is 0. The topological polar surface area (TPSA) is 29.3 Å². The van der Waals surface area contributed by atoms with Crippen molar-refractivity contribution in [2.24, 2.45) is 11.1 Å². The van der Waals surface area contributed by atoms with Crippen molar-refractivity contribution in [1.29, 1.82) is 0 Å². The Morgan fingerprint density at radius 2 is 1.78 bits per heavy atom. The number of benzene rings is 1. The molecule has 0 aliphatic carbocycles. The molecule has 1 aliphatic heterocycles.